The number of ether oxygens (including phenoxy) is 1. The maximum Gasteiger partial charge on any atom is 0.319 e. The van der Waals surface area contributed by atoms with Crippen LogP contribution in [0.1, 0.15) is 18.4 Å². The van der Waals surface area contributed by atoms with Crippen LogP contribution in [0.3, 0.4) is 0 Å². The molecule has 39 heavy (non-hydrogen) atoms. The molecule has 198 valence electrons. The molecule has 1 aliphatic rings. The van der Waals surface area contributed by atoms with E-state index in [1.807, 2.05) is 30.3 Å². The molecule has 1 fully saturated rings. The SMILES string of the molecule is COc1ccc(CNC(=O)Nc2ccc(-c3cncn3-c3n[nH]c4nc(NC(=O)C5CC5)sc34)c(Cl)c2)cc1. The van der Waals surface area contributed by atoms with E-state index in [0.29, 0.717) is 45.1 Å². The monoisotopic (exact) mass is 562 g/mol. The van der Waals surface area contributed by atoms with Crippen LogP contribution in [-0.4, -0.2) is 43.8 Å². The number of nitrogens with one attached hydrogen (secondary N) is 4. The summed E-state index contributed by atoms with van der Waals surface area (Å²) in [6.45, 7) is 0.364. The number of aromatic nitrogens is 5. The van der Waals surface area contributed by atoms with Crippen molar-refractivity contribution in [3.05, 3.63) is 65.6 Å². The van der Waals surface area contributed by atoms with Gasteiger partial charge in [-0.15, -0.1) is 0 Å². The molecular weight excluding hydrogens is 540 g/mol. The molecule has 3 amide bonds. The number of urea groups is 1. The zero-order chi connectivity index (χ0) is 26.9. The summed E-state index contributed by atoms with van der Waals surface area (Å²) in [5.41, 5.74) is 3.48. The van der Waals surface area contributed by atoms with Crippen LogP contribution in [0.25, 0.3) is 27.4 Å². The number of nitrogens with zero attached hydrogens (tertiary/aromatic N) is 4. The molecule has 2 aromatic carbocycles. The number of thiazole rings is 1. The molecule has 0 saturated heterocycles. The molecule has 5 aromatic rings. The first-order valence-corrected chi connectivity index (χ1v) is 13.3. The van der Waals surface area contributed by atoms with Crippen molar-refractivity contribution in [1.29, 1.82) is 0 Å². The summed E-state index contributed by atoms with van der Waals surface area (Å²) in [6, 6.07) is 12.4. The van der Waals surface area contributed by atoms with Gasteiger partial charge in [-0.1, -0.05) is 35.1 Å². The standard InChI is InChI=1S/C26H23ClN8O3S/c1-38-17-7-2-14(3-8-17)11-29-25(37)30-16-6-9-18(19(27)10-16)20-12-28-13-35(20)23-21-22(33-34-23)31-26(39-21)32-24(36)15-4-5-15/h2-3,6-10,12-13,15H,4-5,11H2,1H3,(H2,29,30,37)(H2,31,32,33,34,36). The molecular formula is C26H23ClN8O3S. The van der Waals surface area contributed by atoms with Crippen LogP contribution in [0.15, 0.2) is 55.0 Å². The Balaban J connectivity index is 1.16. The summed E-state index contributed by atoms with van der Waals surface area (Å²) in [5, 5.41) is 16.8. The largest absolute Gasteiger partial charge is 0.497 e. The molecule has 0 spiro atoms. The van der Waals surface area contributed by atoms with Gasteiger partial charge in [0.25, 0.3) is 0 Å². The lowest BCUT2D eigenvalue weighted by Crippen LogP contribution is -2.28. The number of H-pyrrole nitrogens is 1. The predicted octanol–water partition coefficient (Wildman–Crippen LogP) is 5.20. The fraction of sp³-hybridized carbons (Fsp3) is 0.192. The van der Waals surface area contributed by atoms with Crippen molar-refractivity contribution in [1.82, 2.24) is 30.0 Å². The van der Waals surface area contributed by atoms with Gasteiger partial charge in [0.15, 0.2) is 16.6 Å². The highest BCUT2D eigenvalue weighted by Crippen LogP contribution is 2.36. The molecule has 1 aliphatic carbocycles. The number of benzene rings is 2. The summed E-state index contributed by atoms with van der Waals surface area (Å²) in [5.74, 6) is 1.44. The third kappa shape index (κ3) is 5.29. The minimum absolute atomic E-state index is 0.000808. The van der Waals surface area contributed by atoms with E-state index in [1.54, 1.807) is 36.3 Å². The van der Waals surface area contributed by atoms with Gasteiger partial charge >= 0.3 is 6.03 Å². The lowest BCUT2D eigenvalue weighted by atomic mass is 10.1. The number of halogens is 1. The van der Waals surface area contributed by atoms with Gasteiger partial charge in [0, 0.05) is 23.7 Å². The highest BCUT2D eigenvalue weighted by Gasteiger charge is 2.30. The number of aromatic amines is 1. The Bertz CT molecular complexity index is 1670. The highest BCUT2D eigenvalue weighted by atomic mass is 35.5. The van der Waals surface area contributed by atoms with E-state index in [9.17, 15) is 9.59 Å². The number of anilines is 2. The lowest BCUT2D eigenvalue weighted by Gasteiger charge is -2.11. The first-order valence-electron chi connectivity index (χ1n) is 12.1. The fourth-order valence-electron chi connectivity index (χ4n) is 4.04. The normalized spacial score (nSPS) is 12.9. The van der Waals surface area contributed by atoms with Crippen LogP contribution in [-0.2, 0) is 11.3 Å². The topological polar surface area (TPSA) is 139 Å². The van der Waals surface area contributed by atoms with Gasteiger partial charge in [0.05, 0.1) is 24.0 Å². The molecule has 0 atom stereocenters. The van der Waals surface area contributed by atoms with Crippen molar-refractivity contribution < 1.29 is 14.3 Å². The van der Waals surface area contributed by atoms with E-state index in [4.69, 9.17) is 16.3 Å². The van der Waals surface area contributed by atoms with E-state index in [0.717, 1.165) is 28.9 Å². The summed E-state index contributed by atoms with van der Waals surface area (Å²) in [7, 11) is 1.61. The molecule has 0 aliphatic heterocycles. The van der Waals surface area contributed by atoms with Gasteiger partial charge in [0.1, 0.15) is 16.8 Å². The van der Waals surface area contributed by atoms with Crippen LogP contribution < -0.4 is 20.7 Å². The number of hydrogen-bond donors (Lipinski definition) is 4. The zero-order valence-corrected chi connectivity index (χ0v) is 22.3. The maximum absolute atomic E-state index is 12.4. The lowest BCUT2D eigenvalue weighted by molar-refractivity contribution is -0.117. The molecule has 4 N–H and O–H groups in total. The summed E-state index contributed by atoms with van der Waals surface area (Å²) >= 11 is 7.99. The number of fused-ring (bicyclic) bond motifs is 1. The highest BCUT2D eigenvalue weighted by molar-refractivity contribution is 7.22. The molecule has 6 rings (SSSR count). The van der Waals surface area contributed by atoms with E-state index in [1.165, 1.54) is 11.3 Å². The van der Waals surface area contributed by atoms with E-state index in [2.05, 4.69) is 36.1 Å². The smallest absolute Gasteiger partial charge is 0.319 e. The van der Waals surface area contributed by atoms with Gasteiger partial charge in [-0.2, -0.15) is 5.10 Å². The Labute approximate surface area is 231 Å². The molecule has 13 heteroatoms. The Morgan fingerprint density at radius 1 is 1.18 bits per heavy atom. The van der Waals surface area contributed by atoms with E-state index < -0.39 is 0 Å². The number of amides is 3. The third-order valence-electron chi connectivity index (χ3n) is 6.26. The van der Waals surface area contributed by atoms with Crippen molar-refractivity contribution >= 4 is 56.0 Å². The maximum atomic E-state index is 12.4. The van der Waals surface area contributed by atoms with Crippen LogP contribution >= 0.6 is 22.9 Å². The van der Waals surface area contributed by atoms with Crippen molar-refractivity contribution in [3.63, 3.8) is 0 Å². The molecule has 3 aromatic heterocycles. The number of rotatable bonds is 8. The zero-order valence-electron chi connectivity index (χ0n) is 20.7. The number of methoxy groups -OCH3 is 1. The van der Waals surface area contributed by atoms with Crippen LogP contribution in [0, 0.1) is 5.92 Å². The van der Waals surface area contributed by atoms with Gasteiger partial charge in [-0.25, -0.2) is 14.8 Å². The molecule has 0 radical (unpaired) electrons. The van der Waals surface area contributed by atoms with Crippen LogP contribution in [0.2, 0.25) is 5.02 Å². The third-order valence-corrected chi connectivity index (χ3v) is 7.54. The van der Waals surface area contributed by atoms with E-state index in [-0.39, 0.29) is 17.9 Å². The van der Waals surface area contributed by atoms with Crippen LogP contribution in [0.4, 0.5) is 15.6 Å². The first-order chi connectivity index (χ1) is 19.0. The summed E-state index contributed by atoms with van der Waals surface area (Å²) in [6.07, 6.45) is 5.17. The second-order valence-electron chi connectivity index (χ2n) is 9.01. The Hall–Kier alpha value is -4.42. The Kier molecular flexibility index (Phi) is 6.63. The van der Waals surface area contributed by atoms with Crippen molar-refractivity contribution in [2.45, 2.75) is 19.4 Å². The number of carbonyl (C=O) groups is 2. The van der Waals surface area contributed by atoms with Gasteiger partial charge < -0.3 is 20.7 Å². The Morgan fingerprint density at radius 2 is 2.00 bits per heavy atom. The van der Waals surface area contributed by atoms with Crippen molar-refractivity contribution in [2.75, 3.05) is 17.7 Å². The second-order valence-corrected chi connectivity index (χ2v) is 10.4. The fourth-order valence-corrected chi connectivity index (χ4v) is 5.22. The van der Waals surface area contributed by atoms with E-state index >= 15 is 0 Å². The van der Waals surface area contributed by atoms with Crippen LogP contribution in [0.5, 0.6) is 5.75 Å². The number of hydrogen-bond acceptors (Lipinski definition) is 7. The average molecular weight is 563 g/mol. The first kappa shape index (κ1) is 24.9. The average Bonchev–Trinajstić information content (AvgIpc) is 3.37. The van der Waals surface area contributed by atoms with Gasteiger partial charge in [-0.05, 0) is 48.7 Å². The van der Waals surface area contributed by atoms with Crippen molar-refractivity contribution in [2.24, 2.45) is 5.92 Å². The molecule has 1 saturated carbocycles. The number of carbonyl (C=O) groups excluding carboxylic acids is 2. The predicted molar refractivity (Wildman–Crippen MR) is 150 cm³/mol. The van der Waals surface area contributed by atoms with Crippen molar-refractivity contribution in [3.8, 4) is 22.8 Å². The second kappa shape index (κ2) is 10.4. The minimum atomic E-state index is -0.353. The van der Waals surface area contributed by atoms with Gasteiger partial charge in [0.2, 0.25) is 5.91 Å². The quantitative estimate of drug-likeness (QED) is 0.205. The molecule has 11 nitrogen and oxygen atoms in total. The van der Waals surface area contributed by atoms with Gasteiger partial charge in [-0.3, -0.25) is 14.5 Å². The minimum Gasteiger partial charge on any atom is -0.497 e. The summed E-state index contributed by atoms with van der Waals surface area (Å²) in [4.78, 5) is 33.3. The number of imidazole rings is 1. The Morgan fingerprint density at radius 3 is 2.74 bits per heavy atom. The molecule has 3 heterocycles. The molecule has 0 bridgehead atoms. The summed E-state index contributed by atoms with van der Waals surface area (Å²) < 4.78 is 7.74. The molecule has 0 unspecified atom stereocenters.